The van der Waals surface area contributed by atoms with Gasteiger partial charge in [0.1, 0.15) is 18.2 Å². The van der Waals surface area contributed by atoms with Gasteiger partial charge in [0.25, 0.3) is 0 Å². The van der Waals surface area contributed by atoms with E-state index in [1.807, 2.05) is 43.3 Å². The third-order valence-electron chi connectivity index (χ3n) is 5.43. The second-order valence-corrected chi connectivity index (χ2v) is 7.96. The Hall–Kier alpha value is -3.29. The normalized spacial score (nSPS) is 16.5. The number of nitrogens with one attached hydrogen (secondary N) is 2. The van der Waals surface area contributed by atoms with E-state index in [0.29, 0.717) is 26.2 Å². The lowest BCUT2D eigenvalue weighted by Gasteiger charge is -2.33. The molecule has 0 spiro atoms. The van der Waals surface area contributed by atoms with E-state index in [9.17, 15) is 4.79 Å². The van der Waals surface area contributed by atoms with Crippen molar-refractivity contribution in [1.82, 2.24) is 15.6 Å². The van der Waals surface area contributed by atoms with Crippen LogP contribution >= 0.6 is 0 Å². The summed E-state index contributed by atoms with van der Waals surface area (Å²) in [7, 11) is 0. The lowest BCUT2D eigenvalue weighted by Crippen LogP contribution is -2.42. The molecule has 32 heavy (non-hydrogen) atoms. The van der Waals surface area contributed by atoms with Gasteiger partial charge in [0.05, 0.1) is 19.0 Å². The second kappa shape index (κ2) is 11.9. The number of hydrogen-bond acceptors (Lipinski definition) is 5. The molecule has 0 aliphatic carbocycles. The predicted octanol–water partition coefficient (Wildman–Crippen LogP) is 2.23. The number of anilines is 1. The van der Waals surface area contributed by atoms with E-state index < -0.39 is 0 Å². The third-order valence-corrected chi connectivity index (χ3v) is 5.43. The number of piperidine rings is 1. The van der Waals surface area contributed by atoms with Crippen molar-refractivity contribution in [3.63, 3.8) is 0 Å². The van der Waals surface area contributed by atoms with E-state index in [2.05, 4.69) is 27.4 Å². The zero-order chi connectivity index (χ0) is 22.8. The SMILES string of the molecule is CCNC(=NCc1cccnc1N1CCCC(C(N)=O)C1)NCCOc1ccc(C)cc1. The van der Waals surface area contributed by atoms with Crippen molar-refractivity contribution in [3.05, 3.63) is 53.7 Å². The molecule has 1 saturated heterocycles. The molecule has 0 saturated carbocycles. The minimum Gasteiger partial charge on any atom is -0.492 e. The molecule has 1 aliphatic rings. The van der Waals surface area contributed by atoms with Gasteiger partial charge in [-0.1, -0.05) is 23.8 Å². The number of nitrogens with two attached hydrogens (primary N) is 1. The Kier molecular flexibility index (Phi) is 8.71. The van der Waals surface area contributed by atoms with Crippen molar-refractivity contribution in [2.45, 2.75) is 33.2 Å². The highest BCUT2D eigenvalue weighted by molar-refractivity contribution is 5.80. The summed E-state index contributed by atoms with van der Waals surface area (Å²) in [5.74, 6) is 2.09. The highest BCUT2D eigenvalue weighted by atomic mass is 16.5. The van der Waals surface area contributed by atoms with E-state index >= 15 is 0 Å². The Labute approximate surface area is 190 Å². The molecule has 1 aromatic carbocycles. The van der Waals surface area contributed by atoms with Crippen LogP contribution in [0, 0.1) is 12.8 Å². The van der Waals surface area contributed by atoms with Gasteiger partial charge in [-0.25, -0.2) is 9.98 Å². The minimum atomic E-state index is -0.239. The molecular weight excluding hydrogens is 404 g/mol. The Morgan fingerprint density at radius 2 is 2.09 bits per heavy atom. The van der Waals surface area contributed by atoms with Gasteiger partial charge in [0.2, 0.25) is 5.91 Å². The maximum Gasteiger partial charge on any atom is 0.222 e. The van der Waals surface area contributed by atoms with Crippen LogP contribution in [0.25, 0.3) is 0 Å². The summed E-state index contributed by atoms with van der Waals surface area (Å²) in [6.45, 7) is 7.97. The van der Waals surface area contributed by atoms with Gasteiger partial charge < -0.3 is 26.0 Å². The van der Waals surface area contributed by atoms with Gasteiger partial charge in [-0.2, -0.15) is 0 Å². The van der Waals surface area contributed by atoms with Crippen molar-refractivity contribution in [2.24, 2.45) is 16.6 Å². The maximum absolute atomic E-state index is 11.7. The van der Waals surface area contributed by atoms with Crippen molar-refractivity contribution in [1.29, 1.82) is 0 Å². The topological polar surface area (TPSA) is 105 Å². The van der Waals surface area contributed by atoms with Crippen LogP contribution in [0.4, 0.5) is 5.82 Å². The van der Waals surface area contributed by atoms with E-state index in [4.69, 9.17) is 15.5 Å². The first-order valence-electron chi connectivity index (χ1n) is 11.3. The van der Waals surface area contributed by atoms with Crippen LogP contribution in [-0.4, -0.2) is 49.6 Å². The molecule has 8 nitrogen and oxygen atoms in total. The number of aliphatic imine (C=N–C) groups is 1. The number of rotatable bonds is 9. The molecule has 0 radical (unpaired) electrons. The molecule has 1 unspecified atom stereocenters. The summed E-state index contributed by atoms with van der Waals surface area (Å²) in [6.07, 6.45) is 3.55. The maximum atomic E-state index is 11.7. The van der Waals surface area contributed by atoms with Crippen molar-refractivity contribution < 1.29 is 9.53 Å². The average molecular weight is 439 g/mol. The van der Waals surface area contributed by atoms with Gasteiger partial charge in [-0.3, -0.25) is 4.79 Å². The standard InChI is InChI=1S/C24H34N6O2/c1-3-26-24(28-13-15-32-21-10-8-18(2)9-11-21)29-16-19-6-4-12-27-23(19)30-14-5-7-20(17-30)22(25)31/h4,6,8-12,20H,3,5,7,13-17H2,1-2H3,(H2,25,31)(H2,26,28,29). The molecule has 172 valence electrons. The Bertz CT molecular complexity index is 900. The monoisotopic (exact) mass is 438 g/mol. The summed E-state index contributed by atoms with van der Waals surface area (Å²) in [6, 6.07) is 12.0. The van der Waals surface area contributed by atoms with Crippen LogP contribution < -0.4 is 26.0 Å². The molecule has 0 bridgehead atoms. The molecule has 1 fully saturated rings. The lowest BCUT2D eigenvalue weighted by molar-refractivity contribution is -0.122. The number of aromatic nitrogens is 1. The first kappa shape index (κ1) is 23.4. The van der Waals surface area contributed by atoms with E-state index in [-0.39, 0.29) is 11.8 Å². The number of carbonyl (C=O) groups excluding carboxylic acids is 1. The van der Waals surface area contributed by atoms with Crippen molar-refractivity contribution in [3.8, 4) is 5.75 Å². The van der Waals surface area contributed by atoms with E-state index in [0.717, 1.165) is 49.0 Å². The molecule has 2 aromatic rings. The molecule has 1 amide bonds. The molecule has 3 rings (SSSR count). The smallest absolute Gasteiger partial charge is 0.222 e. The number of carbonyl (C=O) groups is 1. The number of guanidine groups is 1. The van der Waals surface area contributed by atoms with Crippen LogP contribution in [0.1, 0.15) is 30.9 Å². The highest BCUT2D eigenvalue weighted by Gasteiger charge is 2.25. The summed E-state index contributed by atoms with van der Waals surface area (Å²) in [5.41, 5.74) is 7.77. The quantitative estimate of drug-likeness (QED) is 0.315. The van der Waals surface area contributed by atoms with Crippen LogP contribution in [0.15, 0.2) is 47.6 Å². The van der Waals surface area contributed by atoms with Gasteiger partial charge in [-0.15, -0.1) is 0 Å². The number of nitrogens with zero attached hydrogens (tertiary/aromatic N) is 3. The van der Waals surface area contributed by atoms with Crippen LogP contribution in [-0.2, 0) is 11.3 Å². The predicted molar refractivity (Wildman–Crippen MR) is 128 cm³/mol. The Balaban J connectivity index is 1.58. The first-order chi connectivity index (χ1) is 15.6. The summed E-state index contributed by atoms with van der Waals surface area (Å²) in [4.78, 5) is 23.1. The zero-order valence-electron chi connectivity index (χ0n) is 19.0. The summed E-state index contributed by atoms with van der Waals surface area (Å²) >= 11 is 0. The fourth-order valence-electron chi connectivity index (χ4n) is 3.72. The third kappa shape index (κ3) is 6.87. The molecular formula is C24H34N6O2. The molecule has 1 atom stereocenters. The summed E-state index contributed by atoms with van der Waals surface area (Å²) < 4.78 is 5.78. The fraction of sp³-hybridized carbons (Fsp3) is 0.458. The number of amides is 1. The molecule has 8 heteroatoms. The second-order valence-electron chi connectivity index (χ2n) is 7.96. The van der Waals surface area contributed by atoms with Crippen LogP contribution in [0.5, 0.6) is 5.75 Å². The van der Waals surface area contributed by atoms with Crippen LogP contribution in [0.3, 0.4) is 0 Å². The number of pyridine rings is 1. The number of aryl methyl sites for hydroxylation is 1. The van der Waals surface area contributed by atoms with Gasteiger partial charge in [0, 0.05) is 31.4 Å². The molecule has 4 N–H and O–H groups in total. The molecule has 1 aliphatic heterocycles. The number of benzene rings is 1. The van der Waals surface area contributed by atoms with Gasteiger partial charge >= 0.3 is 0 Å². The highest BCUT2D eigenvalue weighted by Crippen LogP contribution is 2.25. The average Bonchev–Trinajstić information content (AvgIpc) is 2.81. The largest absolute Gasteiger partial charge is 0.492 e. The first-order valence-corrected chi connectivity index (χ1v) is 11.3. The summed E-state index contributed by atoms with van der Waals surface area (Å²) in [5, 5.41) is 6.58. The number of primary amides is 1. The number of hydrogen-bond donors (Lipinski definition) is 3. The fourth-order valence-corrected chi connectivity index (χ4v) is 3.72. The number of ether oxygens (including phenoxy) is 1. The van der Waals surface area contributed by atoms with Crippen molar-refractivity contribution in [2.75, 3.05) is 37.7 Å². The molecule has 1 aromatic heterocycles. The zero-order valence-corrected chi connectivity index (χ0v) is 19.0. The van der Waals surface area contributed by atoms with Gasteiger partial charge in [-0.05, 0) is 44.9 Å². The van der Waals surface area contributed by atoms with Gasteiger partial charge in [0.15, 0.2) is 5.96 Å². The van der Waals surface area contributed by atoms with Crippen LogP contribution in [0.2, 0.25) is 0 Å². The lowest BCUT2D eigenvalue weighted by atomic mass is 9.97. The van der Waals surface area contributed by atoms with E-state index in [1.54, 1.807) is 6.20 Å². The Morgan fingerprint density at radius 1 is 1.28 bits per heavy atom. The Morgan fingerprint density at radius 3 is 2.84 bits per heavy atom. The van der Waals surface area contributed by atoms with Crippen molar-refractivity contribution >= 4 is 17.7 Å². The molecule has 2 heterocycles. The minimum absolute atomic E-state index is 0.130. The van der Waals surface area contributed by atoms with E-state index in [1.165, 1.54) is 5.56 Å².